The Kier molecular flexibility index (Phi) is 5.98. The second kappa shape index (κ2) is 7.26. The summed E-state index contributed by atoms with van der Waals surface area (Å²) in [5.74, 6) is -0.240. The lowest BCUT2D eigenvalue weighted by molar-refractivity contribution is 0.0915. The van der Waals surface area contributed by atoms with Gasteiger partial charge < -0.3 is 16.4 Å². The van der Waals surface area contributed by atoms with Gasteiger partial charge >= 0.3 is 0 Å². The Morgan fingerprint density at radius 1 is 1.35 bits per heavy atom. The van der Waals surface area contributed by atoms with Gasteiger partial charge in [0.15, 0.2) is 0 Å². The molecule has 0 spiro atoms. The van der Waals surface area contributed by atoms with Crippen molar-refractivity contribution in [3.05, 3.63) is 35.4 Å². The Balaban J connectivity index is 0.00000200. The Hall–Kier alpha value is -1.59. The van der Waals surface area contributed by atoms with Gasteiger partial charge in [-0.3, -0.25) is 9.59 Å². The molecule has 1 aromatic rings. The summed E-state index contributed by atoms with van der Waals surface area (Å²) in [6.45, 7) is 3.90. The molecule has 2 atom stereocenters. The van der Waals surface area contributed by atoms with E-state index in [0.717, 1.165) is 19.5 Å². The van der Waals surface area contributed by atoms with Crippen LogP contribution in [-0.2, 0) is 0 Å². The molecule has 110 valence electrons. The lowest BCUT2D eigenvalue weighted by Crippen LogP contribution is -2.50. The van der Waals surface area contributed by atoms with E-state index in [4.69, 9.17) is 5.73 Å². The third-order valence-corrected chi connectivity index (χ3v) is 3.55. The first-order chi connectivity index (χ1) is 9.08. The highest BCUT2D eigenvalue weighted by atomic mass is 35.5. The second-order valence-electron chi connectivity index (χ2n) is 5.00. The Labute approximate surface area is 124 Å². The minimum atomic E-state index is -0.526. The number of halogens is 1. The van der Waals surface area contributed by atoms with Crippen molar-refractivity contribution in [2.45, 2.75) is 19.4 Å². The zero-order valence-corrected chi connectivity index (χ0v) is 12.2. The molecule has 0 radical (unpaired) electrons. The zero-order valence-electron chi connectivity index (χ0n) is 11.4. The van der Waals surface area contributed by atoms with Gasteiger partial charge in [0.1, 0.15) is 0 Å². The topological polar surface area (TPSA) is 84.2 Å². The van der Waals surface area contributed by atoms with E-state index in [0.29, 0.717) is 17.0 Å². The van der Waals surface area contributed by atoms with Crippen LogP contribution in [0.3, 0.4) is 0 Å². The lowest BCUT2D eigenvalue weighted by atomic mass is 9.94. The van der Waals surface area contributed by atoms with Crippen molar-refractivity contribution in [2.75, 3.05) is 13.1 Å². The Bertz CT molecular complexity index is 493. The monoisotopic (exact) mass is 297 g/mol. The summed E-state index contributed by atoms with van der Waals surface area (Å²) in [6, 6.07) is 6.60. The number of amides is 2. The number of primary amides is 1. The fourth-order valence-electron chi connectivity index (χ4n) is 2.25. The number of carbonyl (C=O) groups is 2. The van der Waals surface area contributed by atoms with Crippen molar-refractivity contribution in [1.29, 1.82) is 0 Å². The maximum Gasteiger partial charge on any atom is 0.251 e. The molecule has 20 heavy (non-hydrogen) atoms. The van der Waals surface area contributed by atoms with Crippen LogP contribution in [-0.4, -0.2) is 30.9 Å². The maximum atomic E-state index is 12.1. The van der Waals surface area contributed by atoms with E-state index in [-0.39, 0.29) is 24.4 Å². The number of nitrogens with two attached hydrogens (primary N) is 1. The van der Waals surface area contributed by atoms with E-state index in [1.807, 2.05) is 0 Å². The van der Waals surface area contributed by atoms with Gasteiger partial charge in [0.25, 0.3) is 5.91 Å². The predicted octanol–water partition coefficient (Wildman–Crippen LogP) is 0.935. The summed E-state index contributed by atoms with van der Waals surface area (Å²) < 4.78 is 0. The molecule has 1 aliphatic heterocycles. The third kappa shape index (κ3) is 3.95. The van der Waals surface area contributed by atoms with Crippen LogP contribution in [0.2, 0.25) is 0 Å². The van der Waals surface area contributed by atoms with Crippen LogP contribution in [0.4, 0.5) is 0 Å². The number of carbonyl (C=O) groups excluding carboxylic acids is 2. The van der Waals surface area contributed by atoms with E-state index >= 15 is 0 Å². The molecule has 0 aliphatic carbocycles. The van der Waals surface area contributed by atoms with Crippen LogP contribution in [0.15, 0.2) is 24.3 Å². The Morgan fingerprint density at radius 2 is 2.05 bits per heavy atom. The summed E-state index contributed by atoms with van der Waals surface area (Å²) in [4.78, 5) is 23.2. The van der Waals surface area contributed by atoms with Gasteiger partial charge in [0.2, 0.25) is 5.91 Å². The minimum absolute atomic E-state index is 0. The molecular weight excluding hydrogens is 278 g/mol. The zero-order chi connectivity index (χ0) is 13.8. The smallest absolute Gasteiger partial charge is 0.251 e. The van der Waals surface area contributed by atoms with Crippen LogP contribution < -0.4 is 16.4 Å². The SMILES string of the molecule is CC1CCNCC1NC(=O)c1cccc(C(N)=O)c1.Cl. The van der Waals surface area contributed by atoms with E-state index in [2.05, 4.69) is 17.6 Å². The van der Waals surface area contributed by atoms with Gasteiger partial charge in [-0.25, -0.2) is 0 Å². The first-order valence-electron chi connectivity index (χ1n) is 6.49. The van der Waals surface area contributed by atoms with Gasteiger partial charge in [-0.1, -0.05) is 13.0 Å². The number of benzene rings is 1. The number of rotatable bonds is 3. The summed E-state index contributed by atoms with van der Waals surface area (Å²) in [5, 5.41) is 6.26. The van der Waals surface area contributed by atoms with Crippen molar-refractivity contribution in [3.63, 3.8) is 0 Å². The summed E-state index contributed by atoms with van der Waals surface area (Å²) >= 11 is 0. The largest absolute Gasteiger partial charge is 0.366 e. The van der Waals surface area contributed by atoms with Crippen LogP contribution in [0, 0.1) is 5.92 Å². The molecule has 1 saturated heterocycles. The van der Waals surface area contributed by atoms with Crippen molar-refractivity contribution in [2.24, 2.45) is 11.7 Å². The van der Waals surface area contributed by atoms with E-state index < -0.39 is 5.91 Å². The van der Waals surface area contributed by atoms with Crippen LogP contribution >= 0.6 is 12.4 Å². The fraction of sp³-hybridized carbons (Fsp3) is 0.429. The molecule has 0 bridgehead atoms. The molecule has 4 N–H and O–H groups in total. The van der Waals surface area contributed by atoms with Crippen molar-refractivity contribution >= 4 is 24.2 Å². The summed E-state index contributed by atoms with van der Waals surface area (Å²) in [6.07, 6.45) is 1.05. The van der Waals surface area contributed by atoms with Gasteiger partial charge in [0.05, 0.1) is 0 Å². The predicted molar refractivity (Wildman–Crippen MR) is 80.1 cm³/mol. The standard InChI is InChI=1S/C14H19N3O2.ClH/c1-9-5-6-16-8-12(9)17-14(19)11-4-2-3-10(7-11)13(15)18;/h2-4,7,9,12,16H,5-6,8H2,1H3,(H2,15,18)(H,17,19);1H. The first kappa shape index (κ1) is 16.5. The molecule has 0 saturated carbocycles. The molecule has 1 fully saturated rings. The number of hydrogen-bond donors (Lipinski definition) is 3. The first-order valence-corrected chi connectivity index (χ1v) is 6.49. The van der Waals surface area contributed by atoms with E-state index in [1.165, 1.54) is 6.07 Å². The minimum Gasteiger partial charge on any atom is -0.366 e. The molecule has 1 heterocycles. The van der Waals surface area contributed by atoms with E-state index in [9.17, 15) is 9.59 Å². The molecule has 5 nitrogen and oxygen atoms in total. The molecule has 6 heteroatoms. The van der Waals surface area contributed by atoms with Crippen LogP contribution in [0.25, 0.3) is 0 Å². The van der Waals surface area contributed by atoms with E-state index in [1.54, 1.807) is 18.2 Å². The molecular formula is C14H20ClN3O2. The van der Waals surface area contributed by atoms with Gasteiger partial charge in [0, 0.05) is 23.7 Å². The van der Waals surface area contributed by atoms with Crippen molar-refractivity contribution in [3.8, 4) is 0 Å². The average molecular weight is 298 g/mol. The van der Waals surface area contributed by atoms with Crippen molar-refractivity contribution < 1.29 is 9.59 Å². The molecule has 2 unspecified atom stereocenters. The average Bonchev–Trinajstić information content (AvgIpc) is 2.41. The number of hydrogen-bond acceptors (Lipinski definition) is 3. The second-order valence-corrected chi connectivity index (χ2v) is 5.00. The normalized spacial score (nSPS) is 21.6. The van der Waals surface area contributed by atoms with Crippen LogP contribution in [0.1, 0.15) is 34.1 Å². The van der Waals surface area contributed by atoms with Gasteiger partial charge in [-0.05, 0) is 37.1 Å². The molecule has 1 aliphatic rings. The third-order valence-electron chi connectivity index (χ3n) is 3.55. The molecule has 2 amide bonds. The number of nitrogens with one attached hydrogen (secondary N) is 2. The molecule has 2 rings (SSSR count). The highest BCUT2D eigenvalue weighted by Crippen LogP contribution is 2.12. The summed E-state index contributed by atoms with van der Waals surface area (Å²) in [7, 11) is 0. The highest BCUT2D eigenvalue weighted by Gasteiger charge is 2.23. The highest BCUT2D eigenvalue weighted by molar-refractivity contribution is 5.99. The lowest BCUT2D eigenvalue weighted by Gasteiger charge is -2.30. The number of piperidine rings is 1. The van der Waals surface area contributed by atoms with Crippen molar-refractivity contribution in [1.82, 2.24) is 10.6 Å². The fourth-order valence-corrected chi connectivity index (χ4v) is 2.25. The maximum absolute atomic E-state index is 12.1. The van der Waals surface area contributed by atoms with Gasteiger partial charge in [-0.15, -0.1) is 12.4 Å². The summed E-state index contributed by atoms with van der Waals surface area (Å²) in [5.41, 5.74) is 6.02. The molecule has 0 aromatic heterocycles. The molecule has 1 aromatic carbocycles. The quantitative estimate of drug-likeness (QED) is 0.776. The van der Waals surface area contributed by atoms with Gasteiger partial charge in [-0.2, -0.15) is 0 Å². The van der Waals surface area contributed by atoms with Crippen LogP contribution in [0.5, 0.6) is 0 Å². The Morgan fingerprint density at radius 3 is 2.70 bits per heavy atom.